The van der Waals surface area contributed by atoms with Gasteiger partial charge in [-0.1, -0.05) is 18.2 Å². The van der Waals surface area contributed by atoms with Crippen LogP contribution in [0.2, 0.25) is 0 Å². The average Bonchev–Trinajstić information content (AvgIpc) is 2.94. The topological polar surface area (TPSA) is 114 Å². The van der Waals surface area contributed by atoms with Gasteiger partial charge in [0.25, 0.3) is 0 Å². The molecule has 0 unspecified atom stereocenters. The maximum absolute atomic E-state index is 9.21. The molecule has 0 saturated heterocycles. The number of aliphatic hydroxyl groups is 1. The van der Waals surface area contributed by atoms with Crippen molar-refractivity contribution in [1.29, 1.82) is 0 Å². The first-order valence-electron chi connectivity index (χ1n) is 6.39. The fourth-order valence-corrected chi connectivity index (χ4v) is 1.99. The van der Waals surface area contributed by atoms with E-state index in [9.17, 15) is 5.11 Å². The highest BCUT2D eigenvalue weighted by molar-refractivity contribution is 5.68. The quantitative estimate of drug-likeness (QED) is 0.667. The molecule has 7 heteroatoms. The van der Waals surface area contributed by atoms with E-state index in [0.29, 0.717) is 23.0 Å². The number of aromatic amines is 1. The van der Waals surface area contributed by atoms with Crippen LogP contribution in [0.3, 0.4) is 0 Å². The Morgan fingerprint density at radius 1 is 1.29 bits per heavy atom. The molecule has 0 spiro atoms. The maximum Gasteiger partial charge on any atom is 0.183 e. The van der Waals surface area contributed by atoms with Gasteiger partial charge in [-0.25, -0.2) is 9.97 Å². The van der Waals surface area contributed by atoms with Crippen LogP contribution >= 0.6 is 0 Å². The van der Waals surface area contributed by atoms with Crippen LogP contribution in [0, 0.1) is 6.92 Å². The van der Waals surface area contributed by atoms with Gasteiger partial charge in [0.15, 0.2) is 17.3 Å². The van der Waals surface area contributed by atoms with E-state index in [0.717, 1.165) is 11.1 Å². The van der Waals surface area contributed by atoms with Crippen molar-refractivity contribution >= 4 is 5.82 Å². The smallest absolute Gasteiger partial charge is 0.183 e. The molecule has 0 radical (unpaired) electrons. The van der Waals surface area contributed by atoms with Crippen LogP contribution in [0.25, 0.3) is 22.8 Å². The summed E-state index contributed by atoms with van der Waals surface area (Å²) in [6, 6.07) is 7.45. The Bertz CT molecular complexity index is 783. The molecule has 2 heterocycles. The van der Waals surface area contributed by atoms with Crippen molar-refractivity contribution in [3.63, 3.8) is 0 Å². The SMILES string of the molecule is Cc1nnc(-c2nc(-c3cccc(CO)c3)cnc2N)[nH]1. The van der Waals surface area contributed by atoms with Crippen molar-refractivity contribution in [2.24, 2.45) is 0 Å². The van der Waals surface area contributed by atoms with E-state index >= 15 is 0 Å². The number of nitrogens with one attached hydrogen (secondary N) is 1. The summed E-state index contributed by atoms with van der Waals surface area (Å²) >= 11 is 0. The molecule has 0 aliphatic rings. The Hall–Kier alpha value is -2.80. The molecule has 0 bridgehead atoms. The minimum Gasteiger partial charge on any atom is -0.392 e. The molecule has 0 aliphatic carbocycles. The van der Waals surface area contributed by atoms with E-state index < -0.39 is 0 Å². The molecule has 0 atom stereocenters. The number of aromatic nitrogens is 5. The molecule has 0 aliphatic heterocycles. The summed E-state index contributed by atoms with van der Waals surface area (Å²) < 4.78 is 0. The Morgan fingerprint density at radius 2 is 2.14 bits per heavy atom. The number of H-pyrrole nitrogens is 1. The molecule has 106 valence electrons. The zero-order valence-corrected chi connectivity index (χ0v) is 11.4. The van der Waals surface area contributed by atoms with Gasteiger partial charge in [0.05, 0.1) is 18.5 Å². The molecule has 0 amide bonds. The molecule has 3 aromatic rings. The van der Waals surface area contributed by atoms with E-state index in [-0.39, 0.29) is 12.4 Å². The minimum atomic E-state index is -0.0234. The van der Waals surface area contributed by atoms with Crippen LogP contribution in [0.1, 0.15) is 11.4 Å². The Labute approximate surface area is 120 Å². The zero-order chi connectivity index (χ0) is 14.8. The number of nitrogen functional groups attached to an aromatic ring is 1. The molecule has 0 saturated carbocycles. The number of benzene rings is 1. The number of rotatable bonds is 3. The van der Waals surface area contributed by atoms with Gasteiger partial charge in [0.2, 0.25) is 0 Å². The van der Waals surface area contributed by atoms with Gasteiger partial charge in [-0.05, 0) is 18.6 Å². The summed E-state index contributed by atoms with van der Waals surface area (Å²) in [5, 5.41) is 17.1. The van der Waals surface area contributed by atoms with E-state index in [1.54, 1.807) is 13.1 Å². The standard InChI is InChI=1S/C14H14N6O/c1-8-17-14(20-19-8)12-13(15)16-6-11(18-12)10-4-2-3-9(5-10)7-21/h2-6,21H,7H2,1H3,(H2,15,16)(H,17,19,20). The summed E-state index contributed by atoms with van der Waals surface area (Å²) in [5.74, 6) is 1.45. The number of aliphatic hydroxyl groups excluding tert-OH is 1. The first-order chi connectivity index (χ1) is 10.2. The van der Waals surface area contributed by atoms with Gasteiger partial charge in [-0.15, -0.1) is 10.2 Å². The number of anilines is 1. The van der Waals surface area contributed by atoms with Crippen molar-refractivity contribution < 1.29 is 5.11 Å². The van der Waals surface area contributed by atoms with E-state index in [1.165, 1.54) is 0 Å². The Morgan fingerprint density at radius 3 is 2.86 bits per heavy atom. The van der Waals surface area contributed by atoms with Crippen LogP contribution in [-0.2, 0) is 6.61 Å². The van der Waals surface area contributed by atoms with Crippen LogP contribution in [0.5, 0.6) is 0 Å². The zero-order valence-electron chi connectivity index (χ0n) is 11.4. The summed E-state index contributed by atoms with van der Waals surface area (Å²) in [7, 11) is 0. The van der Waals surface area contributed by atoms with E-state index in [4.69, 9.17) is 5.73 Å². The third-order valence-corrected chi connectivity index (χ3v) is 3.03. The molecule has 1 aromatic carbocycles. The fraction of sp³-hybridized carbons (Fsp3) is 0.143. The molecular formula is C14H14N6O. The lowest BCUT2D eigenvalue weighted by Crippen LogP contribution is -2.00. The first kappa shape index (κ1) is 13.2. The highest BCUT2D eigenvalue weighted by Gasteiger charge is 2.12. The lowest BCUT2D eigenvalue weighted by atomic mass is 10.1. The first-order valence-corrected chi connectivity index (χ1v) is 6.39. The summed E-state index contributed by atoms with van der Waals surface area (Å²) in [4.78, 5) is 11.6. The average molecular weight is 282 g/mol. The van der Waals surface area contributed by atoms with E-state index in [2.05, 4.69) is 25.1 Å². The lowest BCUT2D eigenvalue weighted by molar-refractivity contribution is 0.282. The number of nitrogens with two attached hydrogens (primary N) is 1. The normalized spacial score (nSPS) is 10.8. The van der Waals surface area contributed by atoms with Crippen LogP contribution in [0.15, 0.2) is 30.5 Å². The highest BCUT2D eigenvalue weighted by Crippen LogP contribution is 2.24. The molecule has 0 fully saturated rings. The molecule has 2 aromatic heterocycles. The monoisotopic (exact) mass is 282 g/mol. The Balaban J connectivity index is 2.08. The molecule has 3 rings (SSSR count). The number of hydrogen-bond donors (Lipinski definition) is 3. The van der Waals surface area contributed by atoms with Crippen LogP contribution < -0.4 is 5.73 Å². The molecular weight excluding hydrogens is 268 g/mol. The van der Waals surface area contributed by atoms with Gasteiger partial charge < -0.3 is 15.8 Å². The number of hydrogen-bond acceptors (Lipinski definition) is 6. The van der Waals surface area contributed by atoms with Crippen molar-refractivity contribution in [3.8, 4) is 22.8 Å². The van der Waals surface area contributed by atoms with Crippen molar-refractivity contribution in [3.05, 3.63) is 41.9 Å². The van der Waals surface area contributed by atoms with Gasteiger partial charge in [0, 0.05) is 5.56 Å². The second-order valence-corrected chi connectivity index (χ2v) is 4.61. The van der Waals surface area contributed by atoms with Gasteiger partial charge in [-0.3, -0.25) is 0 Å². The fourth-order valence-electron chi connectivity index (χ4n) is 1.99. The highest BCUT2D eigenvalue weighted by atomic mass is 16.3. The van der Waals surface area contributed by atoms with Crippen molar-refractivity contribution in [1.82, 2.24) is 25.1 Å². The summed E-state index contributed by atoms with van der Waals surface area (Å²) in [6.45, 7) is 1.78. The van der Waals surface area contributed by atoms with Gasteiger partial charge in [-0.2, -0.15) is 0 Å². The van der Waals surface area contributed by atoms with Gasteiger partial charge >= 0.3 is 0 Å². The summed E-state index contributed by atoms with van der Waals surface area (Å²) in [5.41, 5.74) is 8.64. The Kier molecular flexibility index (Phi) is 3.33. The summed E-state index contributed by atoms with van der Waals surface area (Å²) in [6.07, 6.45) is 1.60. The number of aryl methyl sites for hydroxylation is 1. The second-order valence-electron chi connectivity index (χ2n) is 4.61. The maximum atomic E-state index is 9.21. The molecule has 4 N–H and O–H groups in total. The minimum absolute atomic E-state index is 0.0234. The van der Waals surface area contributed by atoms with Crippen molar-refractivity contribution in [2.45, 2.75) is 13.5 Å². The largest absolute Gasteiger partial charge is 0.392 e. The van der Waals surface area contributed by atoms with Crippen molar-refractivity contribution in [2.75, 3.05) is 5.73 Å². The lowest BCUT2D eigenvalue weighted by Gasteiger charge is -2.06. The van der Waals surface area contributed by atoms with Crippen LogP contribution in [-0.4, -0.2) is 30.3 Å². The molecule has 7 nitrogen and oxygen atoms in total. The second kappa shape index (κ2) is 5.29. The third kappa shape index (κ3) is 2.59. The van der Waals surface area contributed by atoms with Crippen LogP contribution in [0.4, 0.5) is 5.82 Å². The predicted octanol–water partition coefficient (Wildman–Crippen LogP) is 1.31. The number of nitrogens with zero attached hydrogens (tertiary/aromatic N) is 4. The van der Waals surface area contributed by atoms with Gasteiger partial charge in [0.1, 0.15) is 5.82 Å². The predicted molar refractivity (Wildman–Crippen MR) is 77.9 cm³/mol. The van der Waals surface area contributed by atoms with E-state index in [1.807, 2.05) is 24.3 Å². The third-order valence-electron chi connectivity index (χ3n) is 3.03. The molecule has 21 heavy (non-hydrogen) atoms.